The average Bonchev–Trinajstić information content (AvgIpc) is 2.29. The van der Waals surface area contributed by atoms with Crippen LogP contribution in [0.5, 0.6) is 0 Å². The van der Waals surface area contributed by atoms with Crippen molar-refractivity contribution in [2.75, 3.05) is 0 Å². The van der Waals surface area contributed by atoms with E-state index in [0.717, 1.165) is 5.56 Å². The van der Waals surface area contributed by atoms with E-state index < -0.39 is 0 Å². The molecule has 0 N–H and O–H groups in total. The van der Waals surface area contributed by atoms with Crippen LogP contribution in [-0.4, -0.2) is 10.8 Å². The number of aryl methyl sites for hydroxylation is 1. The first-order chi connectivity index (χ1) is 8.09. The number of carbonyl (C=O) groups is 1. The number of hydrogen-bond acceptors (Lipinski definition) is 2. The van der Waals surface area contributed by atoms with Gasteiger partial charge in [0.05, 0.1) is 0 Å². The first-order valence-electron chi connectivity index (χ1n) is 5.91. The summed E-state index contributed by atoms with van der Waals surface area (Å²) in [5.41, 5.74) is 3.53. The van der Waals surface area contributed by atoms with E-state index >= 15 is 0 Å². The zero-order valence-corrected chi connectivity index (χ0v) is 10.5. The summed E-state index contributed by atoms with van der Waals surface area (Å²) in [5, 5.41) is 0. The minimum absolute atomic E-state index is 0.0238. The number of nitrogens with zero attached hydrogens (tertiary/aromatic N) is 1. The Balaban J connectivity index is 2.33. The molecule has 0 bridgehead atoms. The first-order valence-corrected chi connectivity index (χ1v) is 5.91. The molecule has 0 saturated carbocycles. The van der Waals surface area contributed by atoms with Gasteiger partial charge in [0.15, 0.2) is 0 Å². The van der Waals surface area contributed by atoms with Crippen molar-refractivity contribution < 1.29 is 4.79 Å². The monoisotopic (exact) mass is 227 g/mol. The molecule has 1 heterocycles. The number of aromatic nitrogens is 1. The summed E-state index contributed by atoms with van der Waals surface area (Å²) in [6, 6.07) is 2.01. The van der Waals surface area contributed by atoms with Crippen LogP contribution in [0.15, 0.2) is 36.7 Å². The van der Waals surface area contributed by atoms with E-state index in [1.165, 1.54) is 11.1 Å². The number of rotatable bonds is 2. The van der Waals surface area contributed by atoms with E-state index in [0.29, 0.717) is 0 Å². The summed E-state index contributed by atoms with van der Waals surface area (Å²) < 4.78 is 0. The van der Waals surface area contributed by atoms with Crippen molar-refractivity contribution in [3.63, 3.8) is 0 Å². The number of ketones is 1. The second-order valence-electron chi connectivity index (χ2n) is 4.67. The third kappa shape index (κ3) is 2.36. The maximum atomic E-state index is 11.4. The van der Waals surface area contributed by atoms with Crippen LogP contribution in [0, 0.1) is 18.8 Å². The highest BCUT2D eigenvalue weighted by Gasteiger charge is 2.21. The van der Waals surface area contributed by atoms with Crippen molar-refractivity contribution >= 4 is 11.4 Å². The number of Topliss-reactive ketones (excluding diaryl/α,β-unsaturated/α-hetero) is 1. The summed E-state index contributed by atoms with van der Waals surface area (Å²) in [7, 11) is 0. The summed E-state index contributed by atoms with van der Waals surface area (Å²) in [4.78, 5) is 15.6. The SMILES string of the molecule is CC(=O)C1C=CC(c2cnccc2C)=CC1C. The molecule has 0 aromatic carbocycles. The molecule has 1 aliphatic rings. The van der Waals surface area contributed by atoms with Crippen LogP contribution in [0.1, 0.15) is 25.0 Å². The predicted molar refractivity (Wildman–Crippen MR) is 69.4 cm³/mol. The molecule has 17 heavy (non-hydrogen) atoms. The van der Waals surface area contributed by atoms with E-state index in [-0.39, 0.29) is 17.6 Å². The Morgan fingerprint density at radius 1 is 1.41 bits per heavy atom. The molecule has 1 aliphatic carbocycles. The predicted octanol–water partition coefficient (Wildman–Crippen LogP) is 3.18. The van der Waals surface area contributed by atoms with Crippen LogP contribution in [0.2, 0.25) is 0 Å². The van der Waals surface area contributed by atoms with Crippen LogP contribution in [-0.2, 0) is 4.79 Å². The molecule has 1 aromatic heterocycles. The molecule has 2 atom stereocenters. The second-order valence-corrected chi connectivity index (χ2v) is 4.67. The fourth-order valence-corrected chi connectivity index (χ4v) is 2.28. The highest BCUT2D eigenvalue weighted by Crippen LogP contribution is 2.29. The third-order valence-electron chi connectivity index (χ3n) is 3.31. The van der Waals surface area contributed by atoms with Crippen LogP contribution < -0.4 is 0 Å². The molecule has 0 radical (unpaired) electrons. The molecule has 2 nitrogen and oxygen atoms in total. The van der Waals surface area contributed by atoms with Crippen molar-refractivity contribution in [2.24, 2.45) is 11.8 Å². The maximum absolute atomic E-state index is 11.4. The standard InChI is InChI=1S/C15H17NO/c1-10-6-7-16-9-15(10)13-4-5-14(12(3)17)11(2)8-13/h4-9,11,14H,1-3H3. The molecular weight excluding hydrogens is 210 g/mol. The lowest BCUT2D eigenvalue weighted by Crippen LogP contribution is -2.18. The molecule has 2 rings (SSSR count). The maximum Gasteiger partial charge on any atom is 0.137 e. The molecule has 88 valence electrons. The molecule has 2 heteroatoms. The lowest BCUT2D eigenvalue weighted by Gasteiger charge is -2.21. The quantitative estimate of drug-likeness (QED) is 0.776. The first kappa shape index (κ1) is 11.8. The zero-order valence-electron chi connectivity index (χ0n) is 10.5. The summed E-state index contributed by atoms with van der Waals surface area (Å²) in [5.74, 6) is 0.509. The number of pyridine rings is 1. The minimum Gasteiger partial charge on any atom is -0.299 e. The van der Waals surface area contributed by atoms with Gasteiger partial charge in [0, 0.05) is 23.9 Å². The molecule has 0 amide bonds. The Kier molecular flexibility index (Phi) is 3.23. The van der Waals surface area contributed by atoms with Gasteiger partial charge in [-0.25, -0.2) is 0 Å². The van der Waals surface area contributed by atoms with Gasteiger partial charge in [-0.3, -0.25) is 9.78 Å². The number of carbonyl (C=O) groups excluding carboxylic acids is 1. The fraction of sp³-hybridized carbons (Fsp3) is 0.333. The van der Waals surface area contributed by atoms with Crippen LogP contribution in [0.25, 0.3) is 5.57 Å². The van der Waals surface area contributed by atoms with Crippen molar-refractivity contribution in [2.45, 2.75) is 20.8 Å². The second kappa shape index (κ2) is 4.66. The summed E-state index contributed by atoms with van der Waals surface area (Å²) >= 11 is 0. The summed E-state index contributed by atoms with van der Waals surface area (Å²) in [6.07, 6.45) is 9.89. The van der Waals surface area contributed by atoms with Crippen LogP contribution in [0.3, 0.4) is 0 Å². The average molecular weight is 227 g/mol. The van der Waals surface area contributed by atoms with Crippen LogP contribution >= 0.6 is 0 Å². The van der Waals surface area contributed by atoms with Crippen LogP contribution in [0.4, 0.5) is 0 Å². The minimum atomic E-state index is 0.0238. The van der Waals surface area contributed by atoms with Crippen molar-refractivity contribution in [1.82, 2.24) is 4.98 Å². The van der Waals surface area contributed by atoms with E-state index in [1.807, 2.05) is 24.4 Å². The van der Waals surface area contributed by atoms with Gasteiger partial charge in [0.2, 0.25) is 0 Å². The van der Waals surface area contributed by atoms with Gasteiger partial charge in [-0.2, -0.15) is 0 Å². The van der Waals surface area contributed by atoms with Gasteiger partial charge < -0.3 is 0 Å². The molecule has 0 spiro atoms. The van der Waals surface area contributed by atoms with E-state index in [1.54, 1.807) is 13.1 Å². The Bertz CT molecular complexity index is 499. The molecule has 0 saturated heterocycles. The van der Waals surface area contributed by atoms with Gasteiger partial charge in [-0.1, -0.05) is 25.2 Å². The number of hydrogen-bond donors (Lipinski definition) is 0. The molecule has 1 aromatic rings. The Labute approximate surface area is 102 Å². The van der Waals surface area contributed by atoms with Gasteiger partial charge >= 0.3 is 0 Å². The highest BCUT2D eigenvalue weighted by atomic mass is 16.1. The third-order valence-corrected chi connectivity index (χ3v) is 3.31. The van der Waals surface area contributed by atoms with E-state index in [9.17, 15) is 4.79 Å². The number of allylic oxidation sites excluding steroid dienone is 4. The van der Waals surface area contributed by atoms with E-state index in [4.69, 9.17) is 0 Å². The molecule has 2 unspecified atom stereocenters. The largest absolute Gasteiger partial charge is 0.299 e. The molecule has 0 aliphatic heterocycles. The summed E-state index contributed by atoms with van der Waals surface area (Å²) in [6.45, 7) is 5.81. The van der Waals surface area contributed by atoms with Gasteiger partial charge in [-0.05, 0) is 37.0 Å². The normalized spacial score (nSPS) is 23.4. The molecular formula is C15H17NO. The highest BCUT2D eigenvalue weighted by molar-refractivity contribution is 5.85. The van der Waals surface area contributed by atoms with Gasteiger partial charge in [0.1, 0.15) is 5.78 Å². The van der Waals surface area contributed by atoms with Crippen molar-refractivity contribution in [3.8, 4) is 0 Å². The smallest absolute Gasteiger partial charge is 0.137 e. The van der Waals surface area contributed by atoms with Gasteiger partial charge in [-0.15, -0.1) is 0 Å². The van der Waals surface area contributed by atoms with E-state index in [2.05, 4.69) is 24.9 Å². The Morgan fingerprint density at radius 3 is 2.76 bits per heavy atom. The van der Waals surface area contributed by atoms with Crippen molar-refractivity contribution in [3.05, 3.63) is 47.8 Å². The molecule has 0 fully saturated rings. The lowest BCUT2D eigenvalue weighted by atomic mass is 9.83. The van der Waals surface area contributed by atoms with Gasteiger partial charge in [0.25, 0.3) is 0 Å². The lowest BCUT2D eigenvalue weighted by molar-refractivity contribution is -0.120. The topological polar surface area (TPSA) is 30.0 Å². The Morgan fingerprint density at radius 2 is 2.18 bits per heavy atom. The Hall–Kier alpha value is -1.70. The van der Waals surface area contributed by atoms with Crippen molar-refractivity contribution in [1.29, 1.82) is 0 Å². The zero-order chi connectivity index (χ0) is 12.4. The fourth-order valence-electron chi connectivity index (χ4n) is 2.28.